The van der Waals surface area contributed by atoms with Gasteiger partial charge in [0, 0.05) is 24.5 Å². The molecule has 29 heavy (non-hydrogen) atoms. The molecule has 4 aromatic rings. The molecule has 144 valence electrons. The van der Waals surface area contributed by atoms with Crippen LogP contribution in [0.4, 0.5) is 5.88 Å². The Morgan fingerprint density at radius 1 is 0.931 bits per heavy atom. The summed E-state index contributed by atoms with van der Waals surface area (Å²) in [5, 5.41) is 7.11. The highest BCUT2D eigenvalue weighted by molar-refractivity contribution is 5.97. The minimum Gasteiger partial charge on any atom is -0.337 e. The second kappa shape index (κ2) is 8.50. The molecule has 6 nitrogen and oxygen atoms in total. The molecule has 3 N–H and O–H groups in total. The van der Waals surface area contributed by atoms with Gasteiger partial charge < -0.3 is 10.3 Å². The Kier molecular flexibility index (Phi) is 5.45. The molecule has 0 spiro atoms. The molecule has 0 fully saturated rings. The number of nitrogens with two attached hydrogens (primary N) is 1. The van der Waals surface area contributed by atoms with Gasteiger partial charge in [0.25, 0.3) is 0 Å². The topological polar surface area (TPSA) is 94.0 Å². The summed E-state index contributed by atoms with van der Waals surface area (Å²) in [5.41, 5.74) is 10.8. The highest BCUT2D eigenvalue weighted by Crippen LogP contribution is 2.37. The third-order valence-electron chi connectivity index (χ3n) is 4.56. The predicted octanol–water partition coefficient (Wildman–Crippen LogP) is 4.04. The normalized spacial score (nSPS) is 10.7. The van der Waals surface area contributed by atoms with Crippen molar-refractivity contribution in [1.82, 2.24) is 10.1 Å². The van der Waals surface area contributed by atoms with Crippen LogP contribution in [0, 0.1) is 0 Å². The number of nitrogens with zero attached hydrogens (tertiary/aromatic N) is 2. The van der Waals surface area contributed by atoms with Crippen LogP contribution in [0.2, 0.25) is 0 Å². The Morgan fingerprint density at radius 2 is 1.69 bits per heavy atom. The smallest absolute Gasteiger partial charge is 0.239 e. The lowest BCUT2D eigenvalue weighted by atomic mass is 10.00. The second-order valence-electron chi connectivity index (χ2n) is 6.59. The third kappa shape index (κ3) is 4.23. The lowest BCUT2D eigenvalue weighted by Gasteiger charge is -2.07. The van der Waals surface area contributed by atoms with Crippen LogP contribution >= 0.6 is 0 Å². The van der Waals surface area contributed by atoms with E-state index in [4.69, 9.17) is 10.3 Å². The van der Waals surface area contributed by atoms with Crippen LogP contribution in [-0.4, -0.2) is 16.0 Å². The van der Waals surface area contributed by atoms with Gasteiger partial charge in [-0.3, -0.25) is 15.1 Å². The van der Waals surface area contributed by atoms with E-state index in [-0.39, 0.29) is 12.3 Å². The van der Waals surface area contributed by atoms with E-state index in [2.05, 4.69) is 15.5 Å². The number of pyridine rings is 1. The van der Waals surface area contributed by atoms with Crippen LogP contribution in [0.1, 0.15) is 11.1 Å². The van der Waals surface area contributed by atoms with Gasteiger partial charge in [0.15, 0.2) is 0 Å². The first-order valence-corrected chi connectivity index (χ1v) is 9.28. The maximum absolute atomic E-state index is 12.6. The zero-order chi connectivity index (χ0) is 20.1. The highest BCUT2D eigenvalue weighted by atomic mass is 16.5. The fourth-order valence-corrected chi connectivity index (χ4v) is 3.16. The first kappa shape index (κ1) is 18.6. The van der Waals surface area contributed by atoms with Crippen LogP contribution in [0.3, 0.4) is 0 Å². The number of hydrogen-bond acceptors (Lipinski definition) is 5. The van der Waals surface area contributed by atoms with Gasteiger partial charge >= 0.3 is 0 Å². The minimum atomic E-state index is -0.176. The summed E-state index contributed by atoms with van der Waals surface area (Å²) in [6.45, 7) is 0.428. The summed E-state index contributed by atoms with van der Waals surface area (Å²) in [6, 6.07) is 21.1. The van der Waals surface area contributed by atoms with Crippen molar-refractivity contribution in [2.75, 3.05) is 5.32 Å². The Bertz CT molecular complexity index is 1110. The Morgan fingerprint density at radius 3 is 2.45 bits per heavy atom. The predicted molar refractivity (Wildman–Crippen MR) is 112 cm³/mol. The molecule has 0 saturated carbocycles. The number of rotatable bonds is 6. The number of carbonyl (C=O) groups is 1. The summed E-state index contributed by atoms with van der Waals surface area (Å²) in [7, 11) is 0. The van der Waals surface area contributed by atoms with E-state index >= 15 is 0 Å². The molecule has 6 heteroatoms. The largest absolute Gasteiger partial charge is 0.337 e. The quantitative estimate of drug-likeness (QED) is 0.523. The van der Waals surface area contributed by atoms with Crippen LogP contribution in [0.15, 0.2) is 83.6 Å². The van der Waals surface area contributed by atoms with Gasteiger partial charge in [0.05, 0.1) is 12.0 Å². The van der Waals surface area contributed by atoms with E-state index in [9.17, 15) is 4.79 Å². The van der Waals surface area contributed by atoms with E-state index in [0.29, 0.717) is 23.7 Å². The molecule has 2 heterocycles. The lowest BCUT2D eigenvalue weighted by Crippen LogP contribution is -2.14. The number of amides is 1. The molecule has 0 aliphatic heterocycles. The molecule has 2 aromatic heterocycles. The minimum absolute atomic E-state index is 0.176. The maximum Gasteiger partial charge on any atom is 0.239 e. The standard InChI is InChI=1S/C23H20N4O2/c24-15-17-7-4-8-19(13-17)22-21(18-9-11-25-12-10-18)23(29-27-22)26-20(28)14-16-5-2-1-3-6-16/h1-13H,14-15,24H2,(H,26,28). The summed E-state index contributed by atoms with van der Waals surface area (Å²) < 4.78 is 5.55. The van der Waals surface area contributed by atoms with Crippen molar-refractivity contribution in [1.29, 1.82) is 0 Å². The molecule has 4 rings (SSSR count). The van der Waals surface area contributed by atoms with E-state index in [0.717, 1.165) is 22.3 Å². The third-order valence-corrected chi connectivity index (χ3v) is 4.56. The molecule has 0 unspecified atom stereocenters. The van der Waals surface area contributed by atoms with Crippen molar-refractivity contribution in [2.24, 2.45) is 5.73 Å². The highest BCUT2D eigenvalue weighted by Gasteiger charge is 2.21. The van der Waals surface area contributed by atoms with Crippen molar-refractivity contribution in [3.8, 4) is 22.4 Å². The Balaban J connectivity index is 1.70. The van der Waals surface area contributed by atoms with Gasteiger partial charge in [0.2, 0.25) is 11.8 Å². The van der Waals surface area contributed by atoms with E-state index in [1.54, 1.807) is 12.4 Å². The van der Waals surface area contributed by atoms with Crippen molar-refractivity contribution in [3.05, 3.63) is 90.3 Å². The Labute approximate surface area is 168 Å². The van der Waals surface area contributed by atoms with E-state index in [1.165, 1.54) is 0 Å². The van der Waals surface area contributed by atoms with E-state index in [1.807, 2.05) is 66.7 Å². The maximum atomic E-state index is 12.6. The molecule has 0 aliphatic rings. The van der Waals surface area contributed by atoms with Crippen LogP contribution in [0.25, 0.3) is 22.4 Å². The first-order valence-electron chi connectivity index (χ1n) is 9.28. The molecular formula is C23H20N4O2. The van der Waals surface area contributed by atoms with Crippen molar-refractivity contribution >= 4 is 11.8 Å². The van der Waals surface area contributed by atoms with Crippen LogP contribution in [-0.2, 0) is 17.8 Å². The fraction of sp³-hybridized carbons (Fsp3) is 0.0870. The fourth-order valence-electron chi connectivity index (χ4n) is 3.16. The van der Waals surface area contributed by atoms with Crippen molar-refractivity contribution in [2.45, 2.75) is 13.0 Å². The zero-order valence-corrected chi connectivity index (χ0v) is 15.7. The number of hydrogen-bond donors (Lipinski definition) is 2. The monoisotopic (exact) mass is 384 g/mol. The number of anilines is 1. The van der Waals surface area contributed by atoms with Gasteiger partial charge in [0.1, 0.15) is 5.69 Å². The van der Waals surface area contributed by atoms with Gasteiger partial charge in [-0.05, 0) is 34.9 Å². The molecule has 0 bridgehead atoms. The molecule has 1 amide bonds. The second-order valence-corrected chi connectivity index (χ2v) is 6.59. The van der Waals surface area contributed by atoms with Crippen molar-refractivity contribution in [3.63, 3.8) is 0 Å². The SMILES string of the molecule is NCc1cccc(-c2noc(NC(=O)Cc3ccccc3)c2-c2ccncc2)c1. The Hall–Kier alpha value is -3.77. The summed E-state index contributed by atoms with van der Waals surface area (Å²) >= 11 is 0. The molecule has 0 saturated heterocycles. The number of aromatic nitrogens is 2. The average Bonchev–Trinajstić information content (AvgIpc) is 3.18. The molecule has 2 aromatic carbocycles. The van der Waals surface area contributed by atoms with E-state index < -0.39 is 0 Å². The van der Waals surface area contributed by atoms with Crippen LogP contribution < -0.4 is 11.1 Å². The van der Waals surface area contributed by atoms with Gasteiger partial charge in [-0.15, -0.1) is 0 Å². The van der Waals surface area contributed by atoms with Gasteiger partial charge in [-0.1, -0.05) is 53.7 Å². The molecule has 0 aliphatic carbocycles. The van der Waals surface area contributed by atoms with Gasteiger partial charge in [-0.2, -0.15) is 0 Å². The number of nitrogens with one attached hydrogen (secondary N) is 1. The summed E-state index contributed by atoms with van der Waals surface area (Å²) in [4.78, 5) is 16.7. The zero-order valence-electron chi connectivity index (χ0n) is 15.7. The summed E-state index contributed by atoms with van der Waals surface area (Å²) in [6.07, 6.45) is 3.63. The molecular weight excluding hydrogens is 364 g/mol. The number of benzene rings is 2. The number of carbonyl (C=O) groups excluding carboxylic acids is 1. The van der Waals surface area contributed by atoms with Crippen molar-refractivity contribution < 1.29 is 9.32 Å². The average molecular weight is 384 g/mol. The lowest BCUT2D eigenvalue weighted by molar-refractivity contribution is -0.115. The molecule has 0 atom stereocenters. The first-order chi connectivity index (χ1) is 14.2. The van der Waals surface area contributed by atoms with Gasteiger partial charge in [-0.25, -0.2) is 0 Å². The van der Waals surface area contributed by atoms with Crippen LogP contribution in [0.5, 0.6) is 0 Å². The molecule has 0 radical (unpaired) electrons. The summed E-state index contributed by atoms with van der Waals surface area (Å²) in [5.74, 6) is 0.134.